The van der Waals surface area contributed by atoms with E-state index in [-0.39, 0.29) is 5.54 Å². The summed E-state index contributed by atoms with van der Waals surface area (Å²) in [6.45, 7) is 9.20. The van der Waals surface area contributed by atoms with E-state index in [2.05, 4.69) is 36.3 Å². The molecule has 0 aliphatic carbocycles. The lowest BCUT2D eigenvalue weighted by Gasteiger charge is -2.19. The molecule has 0 unspecified atom stereocenters. The SMILES string of the molecule is Cc1ccc(-c2nnc(CCNC(C)(C)C)s2)cc1O. The minimum absolute atomic E-state index is 0.121. The van der Waals surface area contributed by atoms with Crippen molar-refractivity contribution in [1.29, 1.82) is 0 Å². The zero-order chi connectivity index (χ0) is 14.8. The molecular formula is C15H21N3OS. The lowest BCUT2D eigenvalue weighted by molar-refractivity contribution is 0.429. The molecule has 4 nitrogen and oxygen atoms in total. The summed E-state index contributed by atoms with van der Waals surface area (Å²) in [7, 11) is 0. The predicted molar refractivity (Wildman–Crippen MR) is 83.2 cm³/mol. The molecule has 5 heteroatoms. The molecule has 2 N–H and O–H groups in total. The molecule has 0 radical (unpaired) electrons. The molecule has 0 atom stereocenters. The lowest BCUT2D eigenvalue weighted by atomic mass is 10.1. The van der Waals surface area contributed by atoms with Crippen LogP contribution in [-0.2, 0) is 6.42 Å². The van der Waals surface area contributed by atoms with Gasteiger partial charge in [0, 0.05) is 24.1 Å². The van der Waals surface area contributed by atoms with E-state index in [1.807, 2.05) is 19.1 Å². The highest BCUT2D eigenvalue weighted by atomic mass is 32.1. The van der Waals surface area contributed by atoms with Crippen molar-refractivity contribution in [2.24, 2.45) is 0 Å². The van der Waals surface area contributed by atoms with Gasteiger partial charge < -0.3 is 10.4 Å². The van der Waals surface area contributed by atoms with E-state index in [0.717, 1.165) is 34.1 Å². The van der Waals surface area contributed by atoms with Gasteiger partial charge in [-0.15, -0.1) is 10.2 Å². The van der Waals surface area contributed by atoms with Crippen LogP contribution in [0.3, 0.4) is 0 Å². The largest absolute Gasteiger partial charge is 0.508 e. The molecule has 1 aromatic carbocycles. The van der Waals surface area contributed by atoms with E-state index < -0.39 is 0 Å². The fraction of sp³-hybridized carbons (Fsp3) is 0.467. The molecular weight excluding hydrogens is 270 g/mol. The van der Waals surface area contributed by atoms with Crippen LogP contribution in [0.5, 0.6) is 5.75 Å². The van der Waals surface area contributed by atoms with Gasteiger partial charge in [0.25, 0.3) is 0 Å². The number of phenols is 1. The molecule has 0 fully saturated rings. The summed E-state index contributed by atoms with van der Waals surface area (Å²) < 4.78 is 0. The molecule has 0 spiro atoms. The van der Waals surface area contributed by atoms with Gasteiger partial charge in [-0.1, -0.05) is 23.5 Å². The van der Waals surface area contributed by atoms with Gasteiger partial charge in [-0.2, -0.15) is 0 Å². The topological polar surface area (TPSA) is 58.0 Å². The standard InChI is InChI=1S/C15H21N3OS/c1-10-5-6-11(9-12(10)19)14-18-17-13(20-14)7-8-16-15(2,3)4/h5-6,9,16,19H,7-8H2,1-4H3. The Morgan fingerprint density at radius 3 is 2.65 bits per heavy atom. The summed E-state index contributed by atoms with van der Waals surface area (Å²) in [6, 6.07) is 5.60. The Balaban J connectivity index is 2.03. The van der Waals surface area contributed by atoms with Crippen LogP contribution in [0.25, 0.3) is 10.6 Å². The Hall–Kier alpha value is -1.46. The van der Waals surface area contributed by atoms with Gasteiger partial charge in [0.05, 0.1) is 0 Å². The molecule has 0 bridgehead atoms. The van der Waals surface area contributed by atoms with Crippen molar-refractivity contribution in [3.05, 3.63) is 28.8 Å². The Labute approximate surface area is 123 Å². The molecule has 2 aromatic rings. The number of hydrogen-bond acceptors (Lipinski definition) is 5. The average Bonchev–Trinajstić information content (AvgIpc) is 2.80. The third kappa shape index (κ3) is 4.02. The van der Waals surface area contributed by atoms with Crippen molar-refractivity contribution in [2.75, 3.05) is 6.54 Å². The Kier molecular flexibility index (Phi) is 4.40. The number of rotatable bonds is 4. The first-order valence-corrected chi connectivity index (χ1v) is 7.54. The van der Waals surface area contributed by atoms with Gasteiger partial charge in [-0.3, -0.25) is 0 Å². The molecule has 0 saturated carbocycles. The van der Waals surface area contributed by atoms with Gasteiger partial charge in [0.1, 0.15) is 15.8 Å². The van der Waals surface area contributed by atoms with E-state index in [1.165, 1.54) is 0 Å². The van der Waals surface area contributed by atoms with Crippen LogP contribution in [0, 0.1) is 6.92 Å². The smallest absolute Gasteiger partial charge is 0.147 e. The fourth-order valence-electron chi connectivity index (χ4n) is 1.76. The summed E-state index contributed by atoms with van der Waals surface area (Å²) in [5.41, 5.74) is 1.91. The molecule has 0 aliphatic heterocycles. The molecule has 0 aliphatic rings. The van der Waals surface area contributed by atoms with Crippen molar-refractivity contribution in [3.8, 4) is 16.3 Å². The quantitative estimate of drug-likeness (QED) is 0.908. The monoisotopic (exact) mass is 291 g/mol. The van der Waals surface area contributed by atoms with Crippen LogP contribution < -0.4 is 5.32 Å². The molecule has 2 rings (SSSR count). The van der Waals surface area contributed by atoms with Gasteiger partial charge in [0.15, 0.2) is 0 Å². The highest BCUT2D eigenvalue weighted by Gasteiger charge is 2.11. The van der Waals surface area contributed by atoms with Gasteiger partial charge in [0.2, 0.25) is 0 Å². The van der Waals surface area contributed by atoms with Crippen molar-refractivity contribution in [3.63, 3.8) is 0 Å². The van der Waals surface area contributed by atoms with E-state index in [4.69, 9.17) is 0 Å². The van der Waals surface area contributed by atoms with Crippen molar-refractivity contribution in [2.45, 2.75) is 39.7 Å². The number of hydrogen-bond donors (Lipinski definition) is 2. The minimum atomic E-state index is 0.121. The third-order valence-electron chi connectivity index (χ3n) is 2.92. The Morgan fingerprint density at radius 1 is 1.25 bits per heavy atom. The van der Waals surface area contributed by atoms with Gasteiger partial charge in [-0.25, -0.2) is 0 Å². The normalized spacial score (nSPS) is 11.8. The fourth-order valence-corrected chi connectivity index (χ4v) is 2.59. The summed E-state index contributed by atoms with van der Waals surface area (Å²) in [6.07, 6.45) is 0.868. The first kappa shape index (κ1) is 14.9. The summed E-state index contributed by atoms with van der Waals surface area (Å²) in [4.78, 5) is 0. The van der Waals surface area contributed by atoms with Crippen molar-refractivity contribution < 1.29 is 5.11 Å². The minimum Gasteiger partial charge on any atom is -0.508 e. The van der Waals surface area contributed by atoms with Crippen LogP contribution >= 0.6 is 11.3 Å². The number of nitrogens with one attached hydrogen (secondary N) is 1. The van der Waals surface area contributed by atoms with Crippen LogP contribution in [0.2, 0.25) is 0 Å². The molecule has 0 amide bonds. The number of aryl methyl sites for hydroxylation is 1. The summed E-state index contributed by atoms with van der Waals surface area (Å²) >= 11 is 1.58. The molecule has 1 heterocycles. The van der Waals surface area contributed by atoms with E-state index in [1.54, 1.807) is 17.4 Å². The maximum Gasteiger partial charge on any atom is 0.147 e. The lowest BCUT2D eigenvalue weighted by Crippen LogP contribution is -2.37. The molecule has 0 saturated heterocycles. The second kappa shape index (κ2) is 5.89. The Bertz CT molecular complexity index is 587. The zero-order valence-electron chi connectivity index (χ0n) is 12.4. The number of aromatic nitrogens is 2. The van der Waals surface area contributed by atoms with Crippen LogP contribution in [-0.4, -0.2) is 27.4 Å². The number of nitrogens with zero attached hydrogens (tertiary/aromatic N) is 2. The maximum absolute atomic E-state index is 9.75. The average molecular weight is 291 g/mol. The molecule has 1 aromatic heterocycles. The van der Waals surface area contributed by atoms with E-state index in [9.17, 15) is 5.11 Å². The van der Waals surface area contributed by atoms with Crippen molar-refractivity contribution >= 4 is 11.3 Å². The first-order valence-electron chi connectivity index (χ1n) is 6.72. The first-order chi connectivity index (χ1) is 9.35. The number of aromatic hydroxyl groups is 1. The molecule has 20 heavy (non-hydrogen) atoms. The zero-order valence-corrected chi connectivity index (χ0v) is 13.2. The highest BCUT2D eigenvalue weighted by Crippen LogP contribution is 2.28. The second-order valence-corrected chi connectivity index (χ2v) is 6.99. The van der Waals surface area contributed by atoms with E-state index >= 15 is 0 Å². The summed E-state index contributed by atoms with van der Waals surface area (Å²) in [5, 5.41) is 23.5. The van der Waals surface area contributed by atoms with E-state index in [0.29, 0.717) is 5.75 Å². The maximum atomic E-state index is 9.75. The molecule has 108 valence electrons. The third-order valence-corrected chi connectivity index (χ3v) is 3.95. The van der Waals surface area contributed by atoms with Crippen molar-refractivity contribution in [1.82, 2.24) is 15.5 Å². The number of phenolic OH excluding ortho intramolecular Hbond substituents is 1. The Morgan fingerprint density at radius 2 is 2.00 bits per heavy atom. The number of benzene rings is 1. The predicted octanol–water partition coefficient (Wildman–Crippen LogP) is 3.15. The van der Waals surface area contributed by atoms with Crippen LogP contribution in [0.4, 0.5) is 0 Å². The van der Waals surface area contributed by atoms with Gasteiger partial charge >= 0.3 is 0 Å². The van der Waals surface area contributed by atoms with Crippen LogP contribution in [0.15, 0.2) is 18.2 Å². The second-order valence-electron chi connectivity index (χ2n) is 5.93. The van der Waals surface area contributed by atoms with Crippen LogP contribution in [0.1, 0.15) is 31.3 Å². The summed E-state index contributed by atoms with van der Waals surface area (Å²) in [5.74, 6) is 0.300. The van der Waals surface area contributed by atoms with Gasteiger partial charge in [-0.05, 0) is 39.3 Å². The highest BCUT2D eigenvalue weighted by molar-refractivity contribution is 7.14.